The van der Waals surface area contributed by atoms with E-state index in [1.807, 2.05) is 32.0 Å². The van der Waals surface area contributed by atoms with Crippen LogP contribution in [0.3, 0.4) is 0 Å². The summed E-state index contributed by atoms with van der Waals surface area (Å²) in [6, 6.07) is 5.96. The second kappa shape index (κ2) is 4.51. The third-order valence-corrected chi connectivity index (χ3v) is 3.21. The summed E-state index contributed by atoms with van der Waals surface area (Å²) in [7, 11) is 1.77. The van der Waals surface area contributed by atoms with Gasteiger partial charge in [-0.3, -0.25) is 4.68 Å². The molecule has 0 saturated heterocycles. The number of nitrogens with zero attached hydrogens (tertiary/aromatic N) is 2. The Hall–Kier alpha value is -1.32. The summed E-state index contributed by atoms with van der Waals surface area (Å²) in [5.74, 6) is 0. The van der Waals surface area contributed by atoms with Gasteiger partial charge in [-0.15, -0.1) is 0 Å². The third kappa shape index (κ3) is 2.21. The molecule has 0 bridgehead atoms. The Labute approximate surface area is 106 Å². The quantitative estimate of drug-likeness (QED) is 0.890. The van der Waals surface area contributed by atoms with E-state index >= 15 is 0 Å². The molecular formula is C13H15ClN2O. The number of aliphatic hydroxyl groups is 1. The van der Waals surface area contributed by atoms with Gasteiger partial charge in [0.25, 0.3) is 0 Å². The summed E-state index contributed by atoms with van der Waals surface area (Å²) in [6.07, 6.45) is 0.805. The zero-order valence-corrected chi connectivity index (χ0v) is 10.9. The zero-order valence-electron chi connectivity index (χ0n) is 10.1. The summed E-state index contributed by atoms with van der Waals surface area (Å²) >= 11 is 6.03. The van der Waals surface area contributed by atoms with Crippen LogP contribution in [0.1, 0.15) is 28.5 Å². The molecule has 2 aromatic rings. The van der Waals surface area contributed by atoms with Crippen molar-refractivity contribution in [3.05, 3.63) is 51.8 Å². The highest BCUT2D eigenvalue weighted by molar-refractivity contribution is 6.31. The molecule has 0 saturated carbocycles. The largest absolute Gasteiger partial charge is 0.382 e. The maximum atomic E-state index is 10.4. The van der Waals surface area contributed by atoms with Crippen LogP contribution in [0.25, 0.3) is 0 Å². The van der Waals surface area contributed by atoms with Gasteiger partial charge in [-0.1, -0.05) is 35.4 Å². The first-order chi connectivity index (χ1) is 8.00. The SMILES string of the molecule is Cc1ccc(C(O)c2c(Cl)cnn2C)c(C)c1. The Bertz CT molecular complexity index is 529. The first-order valence-corrected chi connectivity index (χ1v) is 5.81. The Balaban J connectivity index is 2.47. The van der Waals surface area contributed by atoms with E-state index < -0.39 is 6.10 Å². The van der Waals surface area contributed by atoms with Gasteiger partial charge in [0.2, 0.25) is 0 Å². The number of rotatable bonds is 2. The Morgan fingerprint density at radius 2 is 2.06 bits per heavy atom. The van der Waals surface area contributed by atoms with E-state index in [0.29, 0.717) is 10.7 Å². The molecule has 1 aromatic carbocycles. The molecule has 0 aliphatic heterocycles. The highest BCUT2D eigenvalue weighted by Crippen LogP contribution is 2.29. The molecule has 2 rings (SSSR count). The van der Waals surface area contributed by atoms with Crippen molar-refractivity contribution >= 4 is 11.6 Å². The minimum Gasteiger partial charge on any atom is -0.382 e. The van der Waals surface area contributed by atoms with E-state index in [0.717, 1.165) is 11.1 Å². The summed E-state index contributed by atoms with van der Waals surface area (Å²) < 4.78 is 1.60. The fraction of sp³-hybridized carbons (Fsp3) is 0.308. The maximum absolute atomic E-state index is 10.4. The lowest BCUT2D eigenvalue weighted by Gasteiger charge is -2.15. The van der Waals surface area contributed by atoms with E-state index in [9.17, 15) is 5.11 Å². The normalized spacial score (nSPS) is 12.8. The predicted octanol–water partition coefficient (Wildman–Crippen LogP) is 2.77. The van der Waals surface area contributed by atoms with Gasteiger partial charge >= 0.3 is 0 Å². The van der Waals surface area contributed by atoms with Gasteiger partial charge < -0.3 is 5.11 Å². The molecule has 0 spiro atoms. The van der Waals surface area contributed by atoms with Crippen LogP contribution in [-0.4, -0.2) is 14.9 Å². The molecule has 1 aromatic heterocycles. The second-order valence-electron chi connectivity index (χ2n) is 4.26. The molecule has 0 aliphatic rings. The molecule has 1 unspecified atom stereocenters. The average Bonchev–Trinajstić information content (AvgIpc) is 2.58. The van der Waals surface area contributed by atoms with E-state index in [-0.39, 0.29) is 0 Å². The highest BCUT2D eigenvalue weighted by Gasteiger charge is 2.19. The highest BCUT2D eigenvalue weighted by atomic mass is 35.5. The van der Waals surface area contributed by atoms with Crippen LogP contribution >= 0.6 is 11.6 Å². The average molecular weight is 251 g/mol. The van der Waals surface area contributed by atoms with Crippen LogP contribution in [0.2, 0.25) is 5.02 Å². The van der Waals surface area contributed by atoms with Gasteiger partial charge in [0.05, 0.1) is 16.9 Å². The van der Waals surface area contributed by atoms with Crippen molar-refractivity contribution in [2.24, 2.45) is 7.05 Å². The van der Waals surface area contributed by atoms with E-state index in [1.165, 1.54) is 5.56 Å². The van der Waals surface area contributed by atoms with Crippen molar-refractivity contribution < 1.29 is 5.11 Å². The molecule has 90 valence electrons. The summed E-state index contributed by atoms with van der Waals surface area (Å²) in [6.45, 7) is 4.01. The van der Waals surface area contributed by atoms with Crippen LogP contribution in [0.15, 0.2) is 24.4 Å². The number of aliphatic hydroxyl groups excluding tert-OH is 1. The fourth-order valence-electron chi connectivity index (χ4n) is 2.01. The van der Waals surface area contributed by atoms with Gasteiger partial charge in [0.15, 0.2) is 0 Å². The summed E-state index contributed by atoms with van der Waals surface area (Å²) in [5.41, 5.74) is 3.71. The molecule has 0 aliphatic carbocycles. The second-order valence-corrected chi connectivity index (χ2v) is 4.67. The van der Waals surface area contributed by atoms with Gasteiger partial charge in [-0.05, 0) is 25.0 Å². The molecule has 1 heterocycles. The number of halogens is 1. The first kappa shape index (κ1) is 12.1. The van der Waals surface area contributed by atoms with Crippen LogP contribution in [0, 0.1) is 13.8 Å². The van der Waals surface area contributed by atoms with Gasteiger partial charge in [0, 0.05) is 7.05 Å². The van der Waals surface area contributed by atoms with Crippen molar-refractivity contribution in [3.63, 3.8) is 0 Å². The maximum Gasteiger partial charge on any atom is 0.122 e. The van der Waals surface area contributed by atoms with Crippen molar-refractivity contribution in [1.82, 2.24) is 9.78 Å². The topological polar surface area (TPSA) is 38.1 Å². The first-order valence-electron chi connectivity index (χ1n) is 5.43. The van der Waals surface area contributed by atoms with Gasteiger partial charge in [0.1, 0.15) is 6.10 Å². The molecule has 0 radical (unpaired) electrons. The van der Waals surface area contributed by atoms with E-state index in [2.05, 4.69) is 5.10 Å². The lowest BCUT2D eigenvalue weighted by Crippen LogP contribution is -2.08. The lowest BCUT2D eigenvalue weighted by molar-refractivity contribution is 0.209. The molecule has 0 fully saturated rings. The molecule has 1 atom stereocenters. The summed E-state index contributed by atoms with van der Waals surface area (Å²) in [5, 5.41) is 14.9. The Morgan fingerprint density at radius 3 is 2.59 bits per heavy atom. The third-order valence-electron chi connectivity index (χ3n) is 2.92. The monoisotopic (exact) mass is 250 g/mol. The number of benzene rings is 1. The molecule has 1 N–H and O–H groups in total. The lowest BCUT2D eigenvalue weighted by atomic mass is 9.99. The van der Waals surface area contributed by atoms with Gasteiger partial charge in [-0.2, -0.15) is 5.10 Å². The number of hydrogen-bond donors (Lipinski definition) is 1. The van der Waals surface area contributed by atoms with Gasteiger partial charge in [-0.25, -0.2) is 0 Å². The smallest absolute Gasteiger partial charge is 0.122 e. The van der Waals surface area contributed by atoms with Crippen molar-refractivity contribution in [1.29, 1.82) is 0 Å². The minimum atomic E-state index is -0.740. The van der Waals surface area contributed by atoms with Crippen molar-refractivity contribution in [3.8, 4) is 0 Å². The summed E-state index contributed by atoms with van der Waals surface area (Å²) in [4.78, 5) is 0. The molecule has 4 heteroatoms. The fourth-order valence-corrected chi connectivity index (χ4v) is 2.28. The number of aryl methyl sites for hydroxylation is 3. The zero-order chi connectivity index (χ0) is 12.6. The van der Waals surface area contributed by atoms with E-state index in [1.54, 1.807) is 17.9 Å². The minimum absolute atomic E-state index is 0.486. The molecule has 3 nitrogen and oxygen atoms in total. The molecule has 17 heavy (non-hydrogen) atoms. The van der Waals surface area contributed by atoms with Crippen LogP contribution in [0.4, 0.5) is 0 Å². The van der Waals surface area contributed by atoms with Crippen molar-refractivity contribution in [2.75, 3.05) is 0 Å². The molecule has 0 amide bonds. The standard InChI is InChI=1S/C13H15ClN2O/c1-8-4-5-10(9(2)6-8)13(17)12-11(14)7-15-16(12)3/h4-7,13,17H,1-3H3. The van der Waals surface area contributed by atoms with Crippen LogP contribution in [0.5, 0.6) is 0 Å². The van der Waals surface area contributed by atoms with Crippen LogP contribution in [-0.2, 0) is 7.05 Å². The molecular weight excluding hydrogens is 236 g/mol. The Kier molecular flexibility index (Phi) is 3.22. The van der Waals surface area contributed by atoms with Crippen LogP contribution < -0.4 is 0 Å². The predicted molar refractivity (Wildman–Crippen MR) is 68.2 cm³/mol. The number of hydrogen-bond acceptors (Lipinski definition) is 2. The number of aromatic nitrogens is 2. The van der Waals surface area contributed by atoms with E-state index in [4.69, 9.17) is 11.6 Å². The Morgan fingerprint density at radius 1 is 1.35 bits per heavy atom. The van der Waals surface area contributed by atoms with Crippen molar-refractivity contribution in [2.45, 2.75) is 20.0 Å².